The third-order valence-electron chi connectivity index (χ3n) is 1.95. The lowest BCUT2D eigenvalue weighted by Crippen LogP contribution is -2.05. The first-order chi connectivity index (χ1) is 5.90. The molecule has 12 heavy (non-hydrogen) atoms. The maximum atomic E-state index is 5.76. The van der Waals surface area contributed by atoms with Crippen LogP contribution in [0.2, 0.25) is 0 Å². The Morgan fingerprint density at radius 2 is 2.42 bits per heavy atom. The Balaban J connectivity index is 2.15. The molecule has 1 saturated carbocycles. The highest BCUT2D eigenvalue weighted by molar-refractivity contribution is 6.17. The number of rotatable bonds is 3. The van der Waals surface area contributed by atoms with Crippen molar-refractivity contribution >= 4 is 17.4 Å². The zero-order chi connectivity index (χ0) is 8.39. The Hall–Kier alpha value is -0.760. The van der Waals surface area contributed by atoms with Crippen molar-refractivity contribution in [3.05, 3.63) is 23.9 Å². The predicted octanol–water partition coefficient (Wildman–Crippen LogP) is 2.39. The molecule has 1 aliphatic carbocycles. The molecule has 2 rings (SSSR count). The highest BCUT2D eigenvalue weighted by Gasteiger charge is 2.21. The summed E-state index contributed by atoms with van der Waals surface area (Å²) >= 11 is 5.76. The van der Waals surface area contributed by atoms with Gasteiger partial charge in [-0.25, -0.2) is 4.98 Å². The van der Waals surface area contributed by atoms with Gasteiger partial charge >= 0.3 is 0 Å². The molecule has 1 aromatic rings. The minimum atomic E-state index is 0.531. The number of nitrogens with one attached hydrogen (secondary N) is 1. The van der Waals surface area contributed by atoms with Gasteiger partial charge < -0.3 is 5.32 Å². The number of anilines is 1. The number of hydrogen-bond donors (Lipinski definition) is 1. The molecule has 0 aliphatic heterocycles. The molecule has 2 nitrogen and oxygen atoms in total. The first kappa shape index (κ1) is 7.87. The van der Waals surface area contributed by atoms with Crippen molar-refractivity contribution in [2.75, 3.05) is 5.32 Å². The number of hydrogen-bond acceptors (Lipinski definition) is 2. The van der Waals surface area contributed by atoms with Gasteiger partial charge in [0.25, 0.3) is 0 Å². The van der Waals surface area contributed by atoms with Crippen LogP contribution in [-0.2, 0) is 5.88 Å². The van der Waals surface area contributed by atoms with E-state index in [1.807, 2.05) is 12.1 Å². The van der Waals surface area contributed by atoms with Crippen molar-refractivity contribution in [1.82, 2.24) is 4.98 Å². The first-order valence-electron chi connectivity index (χ1n) is 4.16. The fourth-order valence-electron chi connectivity index (χ4n) is 1.10. The van der Waals surface area contributed by atoms with Crippen molar-refractivity contribution in [3.8, 4) is 0 Å². The molecule has 1 aliphatic rings. The van der Waals surface area contributed by atoms with Crippen LogP contribution < -0.4 is 5.32 Å². The minimum Gasteiger partial charge on any atom is -0.367 e. The van der Waals surface area contributed by atoms with E-state index < -0.39 is 0 Å². The van der Waals surface area contributed by atoms with Gasteiger partial charge in [-0.15, -0.1) is 11.6 Å². The van der Waals surface area contributed by atoms with Gasteiger partial charge in [0.2, 0.25) is 0 Å². The van der Waals surface area contributed by atoms with Crippen LogP contribution in [0.3, 0.4) is 0 Å². The SMILES string of the molecule is ClCc1cccnc1NC1CC1. The summed E-state index contributed by atoms with van der Waals surface area (Å²) in [7, 11) is 0. The quantitative estimate of drug-likeness (QED) is 0.727. The molecule has 0 bridgehead atoms. The lowest BCUT2D eigenvalue weighted by Gasteiger charge is -2.06. The van der Waals surface area contributed by atoms with E-state index in [0.29, 0.717) is 11.9 Å². The van der Waals surface area contributed by atoms with E-state index in [9.17, 15) is 0 Å². The molecule has 0 saturated heterocycles. The normalized spacial score (nSPS) is 16.1. The second-order valence-electron chi connectivity index (χ2n) is 3.06. The van der Waals surface area contributed by atoms with Crippen LogP contribution in [0.4, 0.5) is 5.82 Å². The van der Waals surface area contributed by atoms with Crippen molar-refractivity contribution < 1.29 is 0 Å². The molecular formula is C9H11ClN2. The van der Waals surface area contributed by atoms with Gasteiger partial charge in [-0.3, -0.25) is 0 Å². The summed E-state index contributed by atoms with van der Waals surface area (Å²) in [5, 5.41) is 3.34. The molecule has 3 heteroatoms. The van der Waals surface area contributed by atoms with Gasteiger partial charge in [-0.05, 0) is 18.9 Å². The maximum Gasteiger partial charge on any atom is 0.130 e. The maximum absolute atomic E-state index is 5.76. The van der Waals surface area contributed by atoms with Gasteiger partial charge in [0.1, 0.15) is 5.82 Å². The Kier molecular flexibility index (Phi) is 2.17. The lowest BCUT2D eigenvalue weighted by molar-refractivity contribution is 1.09. The van der Waals surface area contributed by atoms with E-state index >= 15 is 0 Å². The van der Waals surface area contributed by atoms with Crippen LogP contribution in [0, 0.1) is 0 Å². The molecule has 0 aromatic carbocycles. The van der Waals surface area contributed by atoms with Crippen LogP contribution in [0.25, 0.3) is 0 Å². The largest absolute Gasteiger partial charge is 0.367 e. The van der Waals surface area contributed by atoms with Crippen LogP contribution >= 0.6 is 11.6 Å². The number of pyridine rings is 1. The summed E-state index contributed by atoms with van der Waals surface area (Å²) in [4.78, 5) is 4.23. The minimum absolute atomic E-state index is 0.531. The Morgan fingerprint density at radius 3 is 3.08 bits per heavy atom. The van der Waals surface area contributed by atoms with Gasteiger partial charge in [0.15, 0.2) is 0 Å². The van der Waals surface area contributed by atoms with Crippen LogP contribution in [-0.4, -0.2) is 11.0 Å². The second-order valence-corrected chi connectivity index (χ2v) is 3.33. The monoisotopic (exact) mass is 182 g/mol. The van der Waals surface area contributed by atoms with Crippen molar-refractivity contribution in [3.63, 3.8) is 0 Å². The molecule has 0 radical (unpaired) electrons. The molecule has 0 atom stereocenters. The number of nitrogens with zero attached hydrogens (tertiary/aromatic N) is 1. The molecule has 64 valence electrons. The first-order valence-corrected chi connectivity index (χ1v) is 4.70. The fourth-order valence-corrected chi connectivity index (χ4v) is 1.31. The highest BCUT2D eigenvalue weighted by Crippen LogP contribution is 2.25. The molecule has 0 amide bonds. The topological polar surface area (TPSA) is 24.9 Å². The van der Waals surface area contributed by atoms with E-state index in [4.69, 9.17) is 11.6 Å². The van der Waals surface area contributed by atoms with Crippen LogP contribution in [0.5, 0.6) is 0 Å². The third-order valence-corrected chi connectivity index (χ3v) is 2.24. The molecule has 1 heterocycles. The average molecular weight is 183 g/mol. The van der Waals surface area contributed by atoms with E-state index in [-0.39, 0.29) is 0 Å². The summed E-state index contributed by atoms with van der Waals surface area (Å²) in [5.74, 6) is 1.48. The number of aromatic nitrogens is 1. The van der Waals surface area contributed by atoms with Gasteiger partial charge in [0.05, 0.1) is 5.88 Å². The lowest BCUT2D eigenvalue weighted by atomic mass is 10.3. The van der Waals surface area contributed by atoms with Crippen molar-refractivity contribution in [2.24, 2.45) is 0 Å². The summed E-state index contributed by atoms with van der Waals surface area (Å²) in [6, 6.07) is 4.56. The van der Waals surface area contributed by atoms with E-state index in [1.165, 1.54) is 12.8 Å². The zero-order valence-electron chi connectivity index (χ0n) is 6.76. The smallest absolute Gasteiger partial charge is 0.130 e. The van der Waals surface area contributed by atoms with Crippen LogP contribution in [0.1, 0.15) is 18.4 Å². The summed E-state index contributed by atoms with van der Waals surface area (Å²) in [6.45, 7) is 0. The molecule has 1 N–H and O–H groups in total. The van der Waals surface area contributed by atoms with Gasteiger partial charge in [-0.1, -0.05) is 6.07 Å². The fraction of sp³-hybridized carbons (Fsp3) is 0.444. The summed E-state index contributed by atoms with van der Waals surface area (Å²) in [6.07, 6.45) is 4.32. The van der Waals surface area contributed by atoms with E-state index in [2.05, 4.69) is 10.3 Å². The third kappa shape index (κ3) is 1.69. The van der Waals surface area contributed by atoms with Gasteiger partial charge in [-0.2, -0.15) is 0 Å². The Morgan fingerprint density at radius 1 is 1.58 bits per heavy atom. The average Bonchev–Trinajstić information content (AvgIpc) is 2.89. The van der Waals surface area contributed by atoms with Gasteiger partial charge in [0, 0.05) is 17.8 Å². The second kappa shape index (κ2) is 3.31. The molecule has 1 fully saturated rings. The van der Waals surface area contributed by atoms with Crippen molar-refractivity contribution in [1.29, 1.82) is 0 Å². The molecule has 0 spiro atoms. The highest BCUT2D eigenvalue weighted by atomic mass is 35.5. The zero-order valence-corrected chi connectivity index (χ0v) is 7.51. The van der Waals surface area contributed by atoms with Crippen LogP contribution in [0.15, 0.2) is 18.3 Å². The summed E-state index contributed by atoms with van der Waals surface area (Å²) < 4.78 is 0. The van der Waals surface area contributed by atoms with E-state index in [0.717, 1.165) is 11.4 Å². The molecule has 1 aromatic heterocycles. The Bertz CT molecular complexity index is 271. The number of halogens is 1. The molecular weight excluding hydrogens is 172 g/mol. The molecule has 0 unspecified atom stereocenters. The predicted molar refractivity (Wildman–Crippen MR) is 50.4 cm³/mol. The van der Waals surface area contributed by atoms with Crippen molar-refractivity contribution in [2.45, 2.75) is 24.8 Å². The standard InChI is InChI=1S/C9H11ClN2/c10-6-7-2-1-5-11-9(7)12-8-3-4-8/h1-2,5,8H,3-4,6H2,(H,11,12). The summed E-state index contributed by atoms with van der Waals surface area (Å²) in [5.41, 5.74) is 1.09. The Labute approximate surface area is 77.0 Å². The number of alkyl halides is 1. The van der Waals surface area contributed by atoms with E-state index in [1.54, 1.807) is 6.20 Å².